The predicted molar refractivity (Wildman–Crippen MR) is 127 cm³/mol. The van der Waals surface area contributed by atoms with Crippen molar-refractivity contribution in [3.63, 3.8) is 0 Å². The molecule has 0 saturated carbocycles. The first-order chi connectivity index (χ1) is 16.5. The van der Waals surface area contributed by atoms with E-state index < -0.39 is 6.03 Å². The van der Waals surface area contributed by atoms with E-state index in [0.29, 0.717) is 45.2 Å². The van der Waals surface area contributed by atoms with Crippen molar-refractivity contribution in [2.24, 2.45) is 0 Å². The Morgan fingerprint density at radius 3 is 2.85 bits per heavy atom. The molecule has 3 aromatic rings. The highest BCUT2D eigenvalue weighted by Gasteiger charge is 2.34. The Hall–Kier alpha value is -4.06. The van der Waals surface area contributed by atoms with Gasteiger partial charge in [0.1, 0.15) is 9.71 Å². The zero-order valence-corrected chi connectivity index (χ0v) is 19.1. The second-order valence-corrected chi connectivity index (χ2v) is 8.81. The van der Waals surface area contributed by atoms with Gasteiger partial charge in [0.15, 0.2) is 0 Å². The number of methoxy groups -OCH3 is 1. The summed E-state index contributed by atoms with van der Waals surface area (Å²) in [5, 5.41) is 6.51. The molecular weight excluding hydrogens is 458 g/mol. The number of ether oxygens (including phenoxy) is 1. The van der Waals surface area contributed by atoms with Crippen LogP contribution in [0.4, 0.5) is 21.9 Å². The number of likely N-dealkylation sites (tertiary alicyclic amines) is 1. The number of thiophene rings is 1. The SMILES string of the molecule is C=CC(=O)N1CCCC(NC(=O)c2sc3nccc4c3c2NC(=O)N4c2cnc(OC)nc2)C1. The molecule has 1 fully saturated rings. The zero-order valence-electron chi connectivity index (χ0n) is 18.3. The fourth-order valence-corrected chi connectivity index (χ4v) is 5.23. The van der Waals surface area contributed by atoms with Crippen LogP contribution in [0.15, 0.2) is 37.3 Å². The van der Waals surface area contributed by atoms with E-state index >= 15 is 0 Å². The number of anilines is 3. The number of carbonyl (C=O) groups is 3. The van der Waals surface area contributed by atoms with Crippen molar-refractivity contribution < 1.29 is 19.1 Å². The molecule has 5 heterocycles. The number of hydrogen-bond donors (Lipinski definition) is 2. The largest absolute Gasteiger partial charge is 0.467 e. The summed E-state index contributed by atoms with van der Waals surface area (Å²) in [4.78, 5) is 54.9. The van der Waals surface area contributed by atoms with Gasteiger partial charge in [0.2, 0.25) is 5.91 Å². The van der Waals surface area contributed by atoms with Crippen molar-refractivity contribution in [3.05, 3.63) is 42.2 Å². The van der Waals surface area contributed by atoms with Crippen LogP contribution in [0.3, 0.4) is 0 Å². The van der Waals surface area contributed by atoms with E-state index in [-0.39, 0.29) is 23.9 Å². The molecule has 0 aliphatic carbocycles. The Bertz CT molecular complexity index is 1310. The minimum absolute atomic E-state index is 0.153. The number of hydrogen-bond acceptors (Lipinski definition) is 8. The first-order valence-corrected chi connectivity index (χ1v) is 11.4. The van der Waals surface area contributed by atoms with E-state index in [4.69, 9.17) is 4.74 Å². The number of piperidine rings is 1. The summed E-state index contributed by atoms with van der Waals surface area (Å²) in [5.41, 5.74) is 1.45. The predicted octanol–water partition coefficient (Wildman–Crippen LogP) is 2.69. The van der Waals surface area contributed by atoms with Crippen LogP contribution in [0, 0.1) is 0 Å². The van der Waals surface area contributed by atoms with Gasteiger partial charge in [-0.05, 0) is 25.0 Å². The van der Waals surface area contributed by atoms with Crippen LogP contribution >= 0.6 is 11.3 Å². The van der Waals surface area contributed by atoms with E-state index in [9.17, 15) is 14.4 Å². The lowest BCUT2D eigenvalue weighted by atomic mass is 10.1. The second kappa shape index (κ2) is 8.71. The van der Waals surface area contributed by atoms with Crippen LogP contribution in [0.25, 0.3) is 10.2 Å². The topological polar surface area (TPSA) is 130 Å². The lowest BCUT2D eigenvalue weighted by Crippen LogP contribution is -2.49. The van der Waals surface area contributed by atoms with Gasteiger partial charge in [0.05, 0.1) is 42.0 Å². The quantitative estimate of drug-likeness (QED) is 0.538. The summed E-state index contributed by atoms with van der Waals surface area (Å²) in [7, 11) is 1.46. The molecule has 0 bridgehead atoms. The van der Waals surface area contributed by atoms with E-state index in [1.807, 2.05) is 0 Å². The highest BCUT2D eigenvalue weighted by Crippen LogP contribution is 2.45. The van der Waals surface area contributed by atoms with Crippen LogP contribution in [0.1, 0.15) is 22.5 Å². The minimum atomic E-state index is -0.443. The number of carbonyl (C=O) groups excluding carboxylic acids is 3. The van der Waals surface area contributed by atoms with Crippen molar-refractivity contribution in [1.29, 1.82) is 0 Å². The number of nitrogens with one attached hydrogen (secondary N) is 2. The van der Waals surface area contributed by atoms with Crippen LogP contribution in [0.2, 0.25) is 0 Å². The Labute approximate surface area is 198 Å². The van der Waals surface area contributed by atoms with Crippen LogP contribution in [0.5, 0.6) is 6.01 Å². The van der Waals surface area contributed by atoms with Crippen molar-refractivity contribution in [2.45, 2.75) is 18.9 Å². The normalized spacial score (nSPS) is 17.3. The molecule has 12 heteroatoms. The van der Waals surface area contributed by atoms with Crippen molar-refractivity contribution in [1.82, 2.24) is 25.2 Å². The summed E-state index contributed by atoms with van der Waals surface area (Å²) < 4.78 is 4.99. The Morgan fingerprint density at radius 1 is 1.32 bits per heavy atom. The summed E-state index contributed by atoms with van der Waals surface area (Å²) >= 11 is 1.20. The van der Waals surface area contributed by atoms with Crippen molar-refractivity contribution in [3.8, 4) is 6.01 Å². The highest BCUT2D eigenvalue weighted by atomic mass is 32.1. The van der Waals surface area contributed by atoms with Gasteiger partial charge in [-0.15, -0.1) is 11.3 Å². The highest BCUT2D eigenvalue weighted by molar-refractivity contribution is 7.21. The molecule has 2 aliphatic rings. The molecule has 1 atom stereocenters. The molecule has 5 rings (SSSR count). The third-order valence-electron chi connectivity index (χ3n) is 5.75. The fourth-order valence-electron chi connectivity index (χ4n) is 4.21. The number of nitrogens with zero attached hydrogens (tertiary/aromatic N) is 5. The summed E-state index contributed by atoms with van der Waals surface area (Å²) in [5.74, 6) is -0.469. The average Bonchev–Trinajstić information content (AvgIpc) is 3.23. The Kier molecular flexibility index (Phi) is 5.57. The van der Waals surface area contributed by atoms with Crippen LogP contribution in [-0.4, -0.2) is 63.9 Å². The molecular formula is C22H21N7O4S. The summed E-state index contributed by atoms with van der Waals surface area (Å²) in [6.45, 7) is 4.59. The number of rotatable bonds is 5. The number of urea groups is 1. The van der Waals surface area contributed by atoms with Crippen LogP contribution < -0.4 is 20.3 Å². The molecule has 3 aromatic heterocycles. The van der Waals surface area contributed by atoms with Gasteiger partial charge < -0.3 is 20.3 Å². The average molecular weight is 480 g/mol. The molecule has 0 radical (unpaired) electrons. The molecule has 0 aromatic carbocycles. The molecule has 174 valence electrons. The van der Waals surface area contributed by atoms with Gasteiger partial charge in [-0.1, -0.05) is 6.58 Å². The number of amides is 4. The standard InChI is InChI=1S/C22H21N7O4S/c1-3-15(30)28-8-4-5-12(11-28)26-19(31)18-17-16-14(6-7-23-20(16)34-18)29(22(32)27-17)13-9-24-21(33-2)25-10-13/h3,6-7,9-10,12H,1,4-5,8,11H2,2H3,(H,26,31)(H,27,32). The van der Waals surface area contributed by atoms with E-state index in [1.54, 1.807) is 17.2 Å². The molecule has 34 heavy (non-hydrogen) atoms. The number of aromatic nitrogens is 3. The second-order valence-electron chi connectivity index (χ2n) is 7.81. The lowest BCUT2D eigenvalue weighted by molar-refractivity contribution is -0.127. The van der Waals surface area contributed by atoms with Gasteiger partial charge >= 0.3 is 12.0 Å². The van der Waals surface area contributed by atoms with Gasteiger partial charge in [0.25, 0.3) is 5.91 Å². The number of pyridine rings is 1. The maximum Gasteiger partial charge on any atom is 0.331 e. The molecule has 0 spiro atoms. The molecule has 4 amide bonds. The molecule has 2 N–H and O–H groups in total. The first-order valence-electron chi connectivity index (χ1n) is 10.6. The van der Waals surface area contributed by atoms with Gasteiger partial charge in [-0.2, -0.15) is 0 Å². The third kappa shape index (κ3) is 3.71. The summed E-state index contributed by atoms with van der Waals surface area (Å²) in [6.07, 6.45) is 7.39. The van der Waals surface area contributed by atoms with Crippen molar-refractivity contribution >= 4 is 56.5 Å². The fraction of sp³-hybridized carbons (Fsp3) is 0.273. The van der Waals surface area contributed by atoms with Gasteiger partial charge in [-0.3, -0.25) is 14.5 Å². The van der Waals surface area contributed by atoms with Gasteiger partial charge in [0, 0.05) is 25.3 Å². The Balaban J connectivity index is 1.46. The Morgan fingerprint density at radius 2 is 2.12 bits per heavy atom. The van der Waals surface area contributed by atoms with Crippen molar-refractivity contribution in [2.75, 3.05) is 30.4 Å². The first kappa shape index (κ1) is 21.8. The zero-order chi connectivity index (χ0) is 23.8. The van der Waals surface area contributed by atoms with E-state index in [1.165, 1.54) is 41.8 Å². The monoisotopic (exact) mass is 479 g/mol. The lowest BCUT2D eigenvalue weighted by Gasteiger charge is -2.32. The smallest absolute Gasteiger partial charge is 0.331 e. The molecule has 2 aliphatic heterocycles. The molecule has 11 nitrogen and oxygen atoms in total. The minimum Gasteiger partial charge on any atom is -0.467 e. The van der Waals surface area contributed by atoms with E-state index in [2.05, 4.69) is 32.2 Å². The maximum absolute atomic E-state index is 13.2. The van der Waals surface area contributed by atoms with Gasteiger partial charge in [-0.25, -0.2) is 19.7 Å². The van der Waals surface area contributed by atoms with E-state index in [0.717, 1.165) is 12.8 Å². The maximum atomic E-state index is 13.2. The molecule has 1 unspecified atom stereocenters. The third-order valence-corrected chi connectivity index (χ3v) is 6.85. The molecule has 1 saturated heterocycles. The summed E-state index contributed by atoms with van der Waals surface area (Å²) in [6, 6.07) is 1.26. The van der Waals surface area contributed by atoms with Crippen LogP contribution in [-0.2, 0) is 4.79 Å².